The summed E-state index contributed by atoms with van der Waals surface area (Å²) in [6, 6.07) is 4.16. The summed E-state index contributed by atoms with van der Waals surface area (Å²) in [6.07, 6.45) is 7.58. The largest absolute Gasteiger partial charge is 0.345 e. The van der Waals surface area contributed by atoms with Crippen molar-refractivity contribution in [2.75, 3.05) is 19.6 Å². The molecule has 0 bridgehead atoms. The fourth-order valence-electron chi connectivity index (χ4n) is 3.92. The molecule has 0 aromatic carbocycles. The highest BCUT2D eigenvalue weighted by Gasteiger charge is 2.34. The molecule has 8 heteroatoms. The molecule has 1 atom stereocenters. The molecule has 0 spiro atoms. The number of rotatable bonds is 3. The maximum atomic E-state index is 13.0. The molecule has 4 heterocycles. The van der Waals surface area contributed by atoms with Crippen LogP contribution in [-0.4, -0.2) is 48.4 Å². The Morgan fingerprint density at radius 1 is 1.21 bits per heavy atom. The van der Waals surface area contributed by atoms with Crippen LogP contribution >= 0.6 is 12.4 Å². The highest BCUT2D eigenvalue weighted by molar-refractivity contribution is 7.89. The highest BCUT2D eigenvalue weighted by Crippen LogP contribution is 2.30. The molecule has 2 aromatic heterocycles. The minimum atomic E-state index is -3.45. The van der Waals surface area contributed by atoms with E-state index in [0.717, 1.165) is 19.4 Å². The number of piperidine rings is 1. The summed E-state index contributed by atoms with van der Waals surface area (Å²) >= 11 is 0. The van der Waals surface area contributed by atoms with Gasteiger partial charge in [-0.1, -0.05) is 0 Å². The molecule has 0 amide bonds. The number of aromatic nitrogens is 2. The first-order chi connectivity index (χ1) is 11.2. The van der Waals surface area contributed by atoms with Crippen LogP contribution in [0.15, 0.2) is 29.4 Å². The molecule has 2 aromatic rings. The molecule has 1 unspecified atom stereocenters. The van der Waals surface area contributed by atoms with Gasteiger partial charge in [0.1, 0.15) is 10.5 Å². The van der Waals surface area contributed by atoms with Gasteiger partial charge >= 0.3 is 0 Å². The van der Waals surface area contributed by atoms with Crippen LogP contribution < -0.4 is 5.32 Å². The summed E-state index contributed by atoms with van der Waals surface area (Å²) in [4.78, 5) is 7.48. The topological polar surface area (TPSA) is 78.1 Å². The average molecular weight is 371 g/mol. The van der Waals surface area contributed by atoms with Gasteiger partial charge in [-0.2, -0.15) is 4.31 Å². The SMILES string of the molecule is Cl.O=S(=O)(c1c[nH]c2ncccc12)N1CCC(C2CCCN2)CC1. The molecule has 132 valence electrons. The van der Waals surface area contributed by atoms with Crippen LogP contribution in [0.5, 0.6) is 0 Å². The average Bonchev–Trinajstić information content (AvgIpc) is 3.25. The maximum absolute atomic E-state index is 13.0. The zero-order valence-electron chi connectivity index (χ0n) is 13.4. The summed E-state index contributed by atoms with van der Waals surface area (Å²) in [6.45, 7) is 2.32. The van der Waals surface area contributed by atoms with Gasteiger partial charge in [0, 0.05) is 36.9 Å². The maximum Gasteiger partial charge on any atom is 0.245 e. The summed E-state index contributed by atoms with van der Waals surface area (Å²) in [5.74, 6) is 0.605. The molecule has 4 rings (SSSR count). The number of sulfonamides is 1. The van der Waals surface area contributed by atoms with E-state index in [0.29, 0.717) is 41.0 Å². The van der Waals surface area contributed by atoms with E-state index in [1.807, 2.05) is 0 Å². The molecule has 0 saturated carbocycles. The van der Waals surface area contributed by atoms with Crippen LogP contribution in [0, 0.1) is 5.92 Å². The summed E-state index contributed by atoms with van der Waals surface area (Å²) in [7, 11) is -3.45. The van der Waals surface area contributed by atoms with Crippen molar-refractivity contribution in [1.29, 1.82) is 0 Å². The third kappa shape index (κ3) is 3.06. The van der Waals surface area contributed by atoms with Gasteiger partial charge in [0.15, 0.2) is 0 Å². The highest BCUT2D eigenvalue weighted by atomic mass is 35.5. The Bertz CT molecular complexity index is 793. The van der Waals surface area contributed by atoms with E-state index in [2.05, 4.69) is 15.3 Å². The molecule has 0 radical (unpaired) electrons. The van der Waals surface area contributed by atoms with Gasteiger partial charge in [0.05, 0.1) is 0 Å². The van der Waals surface area contributed by atoms with Gasteiger partial charge < -0.3 is 10.3 Å². The monoisotopic (exact) mass is 370 g/mol. The van der Waals surface area contributed by atoms with E-state index in [1.54, 1.807) is 28.8 Å². The number of nitrogens with one attached hydrogen (secondary N) is 2. The number of hydrogen-bond acceptors (Lipinski definition) is 4. The van der Waals surface area contributed by atoms with Crippen molar-refractivity contribution >= 4 is 33.5 Å². The second-order valence-corrected chi connectivity index (χ2v) is 8.40. The molecule has 2 aliphatic rings. The van der Waals surface area contributed by atoms with Crippen LogP contribution in [0.1, 0.15) is 25.7 Å². The molecular weight excluding hydrogens is 348 g/mol. The second-order valence-electron chi connectivity index (χ2n) is 6.50. The Balaban J connectivity index is 0.00000169. The lowest BCUT2D eigenvalue weighted by Gasteiger charge is -2.34. The van der Waals surface area contributed by atoms with E-state index >= 15 is 0 Å². The number of fused-ring (bicyclic) bond motifs is 1. The molecule has 6 nitrogen and oxygen atoms in total. The lowest BCUT2D eigenvalue weighted by Crippen LogP contribution is -2.43. The lowest BCUT2D eigenvalue weighted by atomic mass is 9.89. The first-order valence-corrected chi connectivity index (χ1v) is 9.76. The van der Waals surface area contributed by atoms with Crippen molar-refractivity contribution in [2.45, 2.75) is 36.6 Å². The number of hydrogen-bond donors (Lipinski definition) is 2. The molecule has 0 aliphatic carbocycles. The minimum Gasteiger partial charge on any atom is -0.345 e. The predicted octanol–water partition coefficient (Wildman–Crippen LogP) is 2.14. The Hall–Kier alpha value is -1.15. The van der Waals surface area contributed by atoms with Gasteiger partial charge in [-0.25, -0.2) is 13.4 Å². The van der Waals surface area contributed by atoms with Crippen LogP contribution in [0.4, 0.5) is 0 Å². The van der Waals surface area contributed by atoms with Crippen LogP contribution in [0.2, 0.25) is 0 Å². The number of H-pyrrole nitrogens is 1. The van der Waals surface area contributed by atoms with Crippen LogP contribution in [0.3, 0.4) is 0 Å². The Morgan fingerprint density at radius 3 is 2.71 bits per heavy atom. The van der Waals surface area contributed by atoms with Crippen molar-refractivity contribution in [1.82, 2.24) is 19.6 Å². The molecule has 2 saturated heterocycles. The summed E-state index contributed by atoms with van der Waals surface area (Å²) < 4.78 is 27.5. The number of halogens is 1. The Kier molecular flexibility index (Phi) is 5.15. The normalized spacial score (nSPS) is 23.4. The fraction of sp³-hybridized carbons (Fsp3) is 0.562. The van der Waals surface area contributed by atoms with Gasteiger partial charge in [0.2, 0.25) is 10.0 Å². The van der Waals surface area contributed by atoms with Gasteiger partial charge in [-0.15, -0.1) is 12.4 Å². The van der Waals surface area contributed by atoms with Crippen molar-refractivity contribution < 1.29 is 8.42 Å². The van der Waals surface area contributed by atoms with Gasteiger partial charge in [-0.3, -0.25) is 0 Å². The first kappa shape index (κ1) is 17.7. The number of pyridine rings is 1. The number of nitrogens with zero attached hydrogens (tertiary/aromatic N) is 2. The zero-order chi connectivity index (χ0) is 15.9. The minimum absolute atomic E-state index is 0. The fourth-order valence-corrected chi connectivity index (χ4v) is 5.54. The van der Waals surface area contributed by atoms with E-state index < -0.39 is 10.0 Å². The molecular formula is C16H23ClN4O2S. The van der Waals surface area contributed by atoms with Crippen LogP contribution in [0.25, 0.3) is 11.0 Å². The molecule has 2 fully saturated rings. The quantitative estimate of drug-likeness (QED) is 0.867. The molecule has 24 heavy (non-hydrogen) atoms. The van der Waals surface area contributed by atoms with Crippen molar-refractivity contribution in [3.8, 4) is 0 Å². The van der Waals surface area contributed by atoms with E-state index in [4.69, 9.17) is 0 Å². The predicted molar refractivity (Wildman–Crippen MR) is 95.8 cm³/mol. The first-order valence-electron chi connectivity index (χ1n) is 8.32. The number of aromatic amines is 1. The van der Waals surface area contributed by atoms with Gasteiger partial charge in [0.25, 0.3) is 0 Å². The Morgan fingerprint density at radius 2 is 2.00 bits per heavy atom. The van der Waals surface area contributed by atoms with Crippen molar-refractivity contribution in [3.05, 3.63) is 24.5 Å². The van der Waals surface area contributed by atoms with Crippen molar-refractivity contribution in [2.24, 2.45) is 5.92 Å². The molecule has 2 N–H and O–H groups in total. The van der Waals surface area contributed by atoms with Crippen molar-refractivity contribution in [3.63, 3.8) is 0 Å². The van der Waals surface area contributed by atoms with Gasteiger partial charge in [-0.05, 0) is 50.3 Å². The molecule has 2 aliphatic heterocycles. The van der Waals surface area contributed by atoms with E-state index in [-0.39, 0.29) is 12.4 Å². The standard InChI is InChI=1S/C16H22N4O2S.ClH/c21-23(22,15-11-19-16-13(15)3-1-8-18-16)20-9-5-12(6-10-20)14-4-2-7-17-14;/h1,3,8,11-12,14,17H,2,4-7,9-10H2,(H,18,19);1H. The lowest BCUT2D eigenvalue weighted by molar-refractivity contribution is 0.234. The summed E-state index contributed by atoms with van der Waals surface area (Å²) in [5, 5.41) is 4.22. The third-order valence-corrected chi connectivity index (χ3v) is 7.14. The third-order valence-electron chi connectivity index (χ3n) is 5.20. The zero-order valence-corrected chi connectivity index (χ0v) is 15.1. The van der Waals surface area contributed by atoms with Crippen LogP contribution in [-0.2, 0) is 10.0 Å². The smallest absolute Gasteiger partial charge is 0.245 e. The second kappa shape index (κ2) is 7.00. The van der Waals surface area contributed by atoms with E-state index in [9.17, 15) is 8.42 Å². The summed E-state index contributed by atoms with van der Waals surface area (Å²) in [5.41, 5.74) is 0.621. The Labute approximate surface area is 148 Å². The van der Waals surface area contributed by atoms with E-state index in [1.165, 1.54) is 12.8 Å².